The van der Waals surface area contributed by atoms with Crippen LogP contribution in [0.15, 0.2) is 48.5 Å². The van der Waals surface area contributed by atoms with Gasteiger partial charge in [-0.05, 0) is 23.6 Å². The van der Waals surface area contributed by atoms with Gasteiger partial charge in [0.25, 0.3) is 5.91 Å². The number of rotatable bonds is 9. The quantitative estimate of drug-likeness (QED) is 0.481. The highest BCUT2D eigenvalue weighted by molar-refractivity contribution is 5.82. The highest BCUT2D eigenvalue weighted by Gasteiger charge is 2.39. The lowest BCUT2D eigenvalue weighted by Gasteiger charge is -2.43. The van der Waals surface area contributed by atoms with Crippen LogP contribution in [0.3, 0.4) is 0 Å². The Hall–Kier alpha value is -2.82. The van der Waals surface area contributed by atoms with E-state index in [1.54, 1.807) is 6.92 Å². The van der Waals surface area contributed by atoms with E-state index in [0.717, 1.165) is 55.1 Å². The average molecular weight is 527 g/mol. The second-order valence-electron chi connectivity index (χ2n) is 9.95. The number of carbonyl (C=O) groups is 2. The highest BCUT2D eigenvalue weighted by atomic mass is 16.7. The molecule has 9 heteroatoms. The lowest BCUT2D eigenvalue weighted by atomic mass is 9.90. The molecule has 2 aromatic carbocycles. The summed E-state index contributed by atoms with van der Waals surface area (Å²) < 4.78 is 23.5. The molecular weight excluding hydrogens is 488 g/mol. The van der Waals surface area contributed by atoms with Gasteiger partial charge in [-0.15, -0.1) is 0 Å². The summed E-state index contributed by atoms with van der Waals surface area (Å²) in [5, 5.41) is 12.2. The molecule has 2 heterocycles. The Balaban J connectivity index is 1.46. The molecular formula is C29H38N2O7. The molecule has 2 saturated heterocycles. The first-order chi connectivity index (χ1) is 18.3. The van der Waals surface area contributed by atoms with Crippen LogP contribution in [-0.2, 0) is 41.7 Å². The molecule has 1 amide bonds. The van der Waals surface area contributed by atoms with E-state index < -0.39 is 18.4 Å². The van der Waals surface area contributed by atoms with Gasteiger partial charge in [-0.3, -0.25) is 14.5 Å². The maximum Gasteiger partial charge on any atom is 0.303 e. The van der Waals surface area contributed by atoms with Crippen LogP contribution in [0, 0.1) is 5.92 Å². The number of nitrogens with one attached hydrogen (secondary N) is 1. The van der Waals surface area contributed by atoms with Crippen molar-refractivity contribution in [2.24, 2.45) is 5.92 Å². The van der Waals surface area contributed by atoms with Crippen molar-refractivity contribution in [3.05, 3.63) is 70.8 Å². The van der Waals surface area contributed by atoms with Crippen LogP contribution in [-0.4, -0.2) is 66.9 Å². The second-order valence-corrected chi connectivity index (χ2v) is 9.95. The number of aliphatic hydroxyl groups excluding tert-OH is 1. The smallest absolute Gasteiger partial charge is 0.303 e. The minimum Gasteiger partial charge on any atom is -0.453 e. The zero-order valence-electron chi connectivity index (χ0n) is 22.3. The average Bonchev–Trinajstić information content (AvgIpc) is 2.93. The molecule has 2 aliphatic rings. The summed E-state index contributed by atoms with van der Waals surface area (Å²) >= 11 is 0. The minimum absolute atomic E-state index is 0.00220. The number of ether oxygens (including phenoxy) is 4. The SMILES string of the molecule is CC(=O)OC(C)C(=O)NCc1ccc(C2OC(CN3CCOCC3)C(C)C(c3ccc(CO)cc3)O2)cc1. The third-order valence-corrected chi connectivity index (χ3v) is 7.10. The van der Waals surface area contributed by atoms with E-state index in [1.807, 2.05) is 48.5 Å². The second kappa shape index (κ2) is 13.3. The van der Waals surface area contributed by atoms with Crippen LogP contribution in [0.25, 0.3) is 0 Å². The maximum absolute atomic E-state index is 12.2. The summed E-state index contributed by atoms with van der Waals surface area (Å²) in [5.74, 6) is -0.727. The lowest BCUT2D eigenvalue weighted by molar-refractivity contribution is -0.277. The molecule has 2 aromatic rings. The van der Waals surface area contributed by atoms with Gasteiger partial charge in [0.2, 0.25) is 0 Å². The van der Waals surface area contributed by atoms with Gasteiger partial charge in [0.05, 0.1) is 32.0 Å². The Bertz CT molecular complexity index is 1050. The molecule has 2 aliphatic heterocycles. The lowest BCUT2D eigenvalue weighted by Crippen LogP contribution is -2.47. The number of aliphatic hydroxyl groups is 1. The van der Waals surface area contributed by atoms with Crippen molar-refractivity contribution in [1.82, 2.24) is 10.2 Å². The number of nitrogens with zero attached hydrogens (tertiary/aromatic N) is 1. The normalized spacial score (nSPS) is 24.9. The fraction of sp³-hybridized carbons (Fsp3) is 0.517. The van der Waals surface area contributed by atoms with E-state index >= 15 is 0 Å². The summed E-state index contributed by atoms with van der Waals surface area (Å²) in [6.45, 7) is 9.30. The number of morpholine rings is 1. The van der Waals surface area contributed by atoms with Crippen LogP contribution < -0.4 is 5.32 Å². The first kappa shape index (κ1) is 28.2. The number of amides is 1. The van der Waals surface area contributed by atoms with Crippen LogP contribution >= 0.6 is 0 Å². The molecule has 38 heavy (non-hydrogen) atoms. The standard InChI is InChI=1S/C29H38N2O7/c1-19-26(17-31-12-14-35-15-13-31)37-29(38-27(19)24-8-6-23(18-32)7-9-24)25-10-4-22(5-11-25)16-30-28(34)20(2)36-21(3)33/h4-11,19-20,26-27,29,32H,12-18H2,1-3H3,(H,30,34). The molecule has 0 bridgehead atoms. The third-order valence-electron chi connectivity index (χ3n) is 7.10. The van der Waals surface area contributed by atoms with E-state index in [0.29, 0.717) is 6.54 Å². The molecule has 5 unspecified atom stereocenters. The Morgan fingerprint density at radius 1 is 1.03 bits per heavy atom. The summed E-state index contributed by atoms with van der Waals surface area (Å²) in [4.78, 5) is 25.6. The van der Waals surface area contributed by atoms with Crippen molar-refractivity contribution < 1.29 is 33.6 Å². The Morgan fingerprint density at radius 3 is 2.29 bits per heavy atom. The van der Waals surface area contributed by atoms with Crippen LogP contribution in [0.5, 0.6) is 0 Å². The first-order valence-corrected chi connectivity index (χ1v) is 13.2. The minimum atomic E-state index is -0.843. The number of esters is 1. The number of hydrogen-bond acceptors (Lipinski definition) is 8. The summed E-state index contributed by atoms with van der Waals surface area (Å²) in [6, 6.07) is 15.7. The van der Waals surface area contributed by atoms with Gasteiger partial charge in [-0.25, -0.2) is 0 Å². The van der Waals surface area contributed by atoms with Crippen molar-refractivity contribution in [3.63, 3.8) is 0 Å². The predicted molar refractivity (Wildman–Crippen MR) is 140 cm³/mol. The van der Waals surface area contributed by atoms with E-state index in [1.165, 1.54) is 6.92 Å². The van der Waals surface area contributed by atoms with Gasteiger partial charge in [0, 0.05) is 44.6 Å². The van der Waals surface area contributed by atoms with E-state index in [2.05, 4.69) is 17.1 Å². The first-order valence-electron chi connectivity index (χ1n) is 13.2. The van der Waals surface area contributed by atoms with Crippen molar-refractivity contribution in [2.45, 2.75) is 58.5 Å². The van der Waals surface area contributed by atoms with Crippen LogP contribution in [0.2, 0.25) is 0 Å². The van der Waals surface area contributed by atoms with Gasteiger partial charge in [0.1, 0.15) is 0 Å². The fourth-order valence-corrected chi connectivity index (χ4v) is 4.79. The van der Waals surface area contributed by atoms with Gasteiger partial charge in [0.15, 0.2) is 12.4 Å². The number of carbonyl (C=O) groups excluding carboxylic acids is 2. The summed E-state index contributed by atoms with van der Waals surface area (Å²) in [5.41, 5.74) is 3.71. The van der Waals surface area contributed by atoms with Crippen molar-refractivity contribution in [1.29, 1.82) is 0 Å². The Kier molecular flexibility index (Phi) is 9.87. The zero-order valence-corrected chi connectivity index (χ0v) is 22.3. The molecule has 206 valence electrons. The van der Waals surface area contributed by atoms with Gasteiger partial charge >= 0.3 is 5.97 Å². The largest absolute Gasteiger partial charge is 0.453 e. The number of hydrogen-bond donors (Lipinski definition) is 2. The maximum atomic E-state index is 12.2. The third kappa shape index (κ3) is 7.39. The molecule has 4 rings (SSSR count). The summed E-state index contributed by atoms with van der Waals surface area (Å²) in [6.07, 6.45) is -1.61. The molecule has 0 spiro atoms. The van der Waals surface area contributed by atoms with Crippen molar-refractivity contribution >= 4 is 11.9 Å². The number of benzene rings is 2. The monoisotopic (exact) mass is 526 g/mol. The molecule has 2 fully saturated rings. The fourth-order valence-electron chi connectivity index (χ4n) is 4.79. The molecule has 9 nitrogen and oxygen atoms in total. The van der Waals surface area contributed by atoms with Crippen LogP contribution in [0.1, 0.15) is 55.4 Å². The van der Waals surface area contributed by atoms with E-state index in [4.69, 9.17) is 18.9 Å². The van der Waals surface area contributed by atoms with Gasteiger partial charge in [-0.2, -0.15) is 0 Å². The zero-order chi connectivity index (χ0) is 27.1. The van der Waals surface area contributed by atoms with Crippen molar-refractivity contribution in [2.75, 3.05) is 32.8 Å². The predicted octanol–water partition coefficient (Wildman–Crippen LogP) is 2.87. The molecule has 0 aromatic heterocycles. The van der Waals surface area contributed by atoms with E-state index in [-0.39, 0.29) is 30.6 Å². The Morgan fingerprint density at radius 2 is 1.66 bits per heavy atom. The molecule has 2 N–H and O–H groups in total. The Labute approximate surface area is 224 Å². The highest BCUT2D eigenvalue weighted by Crippen LogP contribution is 2.41. The molecule has 0 aliphatic carbocycles. The molecule has 5 atom stereocenters. The van der Waals surface area contributed by atoms with Crippen LogP contribution in [0.4, 0.5) is 0 Å². The van der Waals surface area contributed by atoms with Gasteiger partial charge in [-0.1, -0.05) is 55.5 Å². The van der Waals surface area contributed by atoms with Crippen molar-refractivity contribution in [3.8, 4) is 0 Å². The molecule has 0 saturated carbocycles. The summed E-state index contributed by atoms with van der Waals surface area (Å²) in [7, 11) is 0. The van der Waals surface area contributed by atoms with Gasteiger partial charge < -0.3 is 29.4 Å². The topological polar surface area (TPSA) is 107 Å². The van der Waals surface area contributed by atoms with E-state index in [9.17, 15) is 14.7 Å². The molecule has 0 radical (unpaired) electrons.